The van der Waals surface area contributed by atoms with Crippen molar-refractivity contribution in [3.8, 4) is 11.1 Å². The SMILES string of the molecule is Nc1c(S(=O)(=O)O)cc(-c2ccccc2)c2c1C(=O)c1cccc(S(=O)(=O)O)c1C2=O. The smallest absolute Gasteiger partial charge is 0.296 e. The van der Waals surface area contributed by atoms with Crippen LogP contribution in [0.1, 0.15) is 31.8 Å². The van der Waals surface area contributed by atoms with Crippen molar-refractivity contribution < 1.29 is 35.5 Å². The van der Waals surface area contributed by atoms with Crippen molar-refractivity contribution in [3.63, 3.8) is 0 Å². The first kappa shape index (κ1) is 20.9. The molecule has 31 heavy (non-hydrogen) atoms. The second kappa shape index (κ2) is 6.82. The zero-order chi connectivity index (χ0) is 22.7. The molecule has 1 aliphatic rings. The summed E-state index contributed by atoms with van der Waals surface area (Å²) >= 11 is 0. The van der Waals surface area contributed by atoms with E-state index in [-0.39, 0.29) is 16.7 Å². The van der Waals surface area contributed by atoms with Gasteiger partial charge in [0, 0.05) is 11.1 Å². The molecule has 0 aliphatic heterocycles. The maximum absolute atomic E-state index is 13.4. The first-order valence-corrected chi connectivity index (χ1v) is 11.5. The number of carbonyl (C=O) groups is 2. The Kier molecular flexibility index (Phi) is 4.59. The minimum Gasteiger partial charge on any atom is -0.397 e. The van der Waals surface area contributed by atoms with Crippen molar-refractivity contribution in [2.75, 3.05) is 5.73 Å². The van der Waals surface area contributed by atoms with Crippen LogP contribution in [0.25, 0.3) is 11.1 Å². The van der Waals surface area contributed by atoms with Gasteiger partial charge in [-0.2, -0.15) is 16.8 Å². The Morgan fingerprint density at radius 3 is 1.84 bits per heavy atom. The number of carbonyl (C=O) groups excluding carboxylic acids is 2. The number of anilines is 1. The molecule has 0 fully saturated rings. The molecule has 0 aromatic heterocycles. The Morgan fingerprint density at radius 1 is 0.645 bits per heavy atom. The molecule has 3 aromatic carbocycles. The van der Waals surface area contributed by atoms with Gasteiger partial charge in [0.2, 0.25) is 0 Å². The Bertz CT molecular complexity index is 1510. The van der Waals surface area contributed by atoms with E-state index in [2.05, 4.69) is 0 Å². The summed E-state index contributed by atoms with van der Waals surface area (Å²) in [5, 5.41) is 0. The molecule has 0 radical (unpaired) electrons. The molecule has 11 heteroatoms. The van der Waals surface area contributed by atoms with Gasteiger partial charge in [-0.1, -0.05) is 42.5 Å². The van der Waals surface area contributed by atoms with Crippen LogP contribution >= 0.6 is 0 Å². The third-order valence-corrected chi connectivity index (χ3v) is 6.71. The predicted octanol–water partition coefficient (Wildman–Crippen LogP) is 2.20. The van der Waals surface area contributed by atoms with E-state index in [1.54, 1.807) is 18.2 Å². The van der Waals surface area contributed by atoms with Crippen LogP contribution in [0.2, 0.25) is 0 Å². The topological polar surface area (TPSA) is 169 Å². The molecule has 0 atom stereocenters. The van der Waals surface area contributed by atoms with Gasteiger partial charge in [-0.05, 0) is 23.3 Å². The Labute approximate surface area is 176 Å². The number of nitrogens with two attached hydrogens (primary N) is 1. The first-order valence-electron chi connectivity index (χ1n) is 8.62. The van der Waals surface area contributed by atoms with E-state index in [1.807, 2.05) is 0 Å². The standard InChI is InChI=1S/C20H13NO8S2/c21-18-14(31(27,28)29)9-12(10-5-2-1-3-6-10)16-17(18)19(22)11-7-4-8-13(30(24,25)26)15(11)20(16)23/h1-9H,21H2,(H,24,25,26)(H,27,28,29). The average molecular weight is 459 g/mol. The minimum atomic E-state index is -4.87. The number of rotatable bonds is 3. The van der Waals surface area contributed by atoms with Gasteiger partial charge < -0.3 is 5.73 Å². The Morgan fingerprint density at radius 2 is 1.26 bits per heavy atom. The second-order valence-corrected chi connectivity index (χ2v) is 9.52. The van der Waals surface area contributed by atoms with Crippen LogP contribution in [0.3, 0.4) is 0 Å². The lowest BCUT2D eigenvalue weighted by atomic mass is 9.79. The van der Waals surface area contributed by atoms with Crippen LogP contribution in [0, 0.1) is 0 Å². The molecule has 1 aliphatic carbocycles. The number of benzene rings is 3. The van der Waals surface area contributed by atoms with Crippen LogP contribution in [0.5, 0.6) is 0 Å². The summed E-state index contributed by atoms with van der Waals surface area (Å²) in [6, 6.07) is 12.1. The molecular weight excluding hydrogens is 446 g/mol. The summed E-state index contributed by atoms with van der Waals surface area (Å²) in [6.45, 7) is 0. The number of hydrogen-bond acceptors (Lipinski definition) is 7. The van der Waals surface area contributed by atoms with Gasteiger partial charge in [0.1, 0.15) is 9.79 Å². The van der Waals surface area contributed by atoms with E-state index < -0.39 is 58.4 Å². The zero-order valence-electron chi connectivity index (χ0n) is 15.4. The molecule has 4 rings (SSSR count). The highest BCUT2D eigenvalue weighted by atomic mass is 32.2. The van der Waals surface area contributed by atoms with E-state index >= 15 is 0 Å². The van der Waals surface area contributed by atoms with Gasteiger partial charge in [0.05, 0.1) is 16.8 Å². The van der Waals surface area contributed by atoms with Gasteiger partial charge >= 0.3 is 0 Å². The first-order chi connectivity index (χ1) is 14.4. The van der Waals surface area contributed by atoms with E-state index in [4.69, 9.17) is 5.73 Å². The summed E-state index contributed by atoms with van der Waals surface area (Å²) in [4.78, 5) is 25.1. The number of ketones is 2. The average Bonchev–Trinajstić information content (AvgIpc) is 2.70. The normalized spacial score (nSPS) is 13.6. The molecule has 0 spiro atoms. The van der Waals surface area contributed by atoms with E-state index in [1.165, 1.54) is 12.1 Å². The number of fused-ring (bicyclic) bond motifs is 2. The van der Waals surface area contributed by atoms with Gasteiger partial charge in [-0.3, -0.25) is 18.7 Å². The Hall–Kier alpha value is -3.38. The van der Waals surface area contributed by atoms with Crippen LogP contribution < -0.4 is 5.73 Å². The second-order valence-electron chi connectivity index (χ2n) is 6.74. The molecule has 0 saturated heterocycles. The third-order valence-electron chi connectivity index (χ3n) is 4.92. The molecule has 0 bridgehead atoms. The monoisotopic (exact) mass is 459 g/mol. The quantitative estimate of drug-likeness (QED) is 0.307. The maximum atomic E-state index is 13.4. The lowest BCUT2D eigenvalue weighted by Crippen LogP contribution is -2.26. The summed E-state index contributed by atoms with van der Waals surface area (Å²) in [5.74, 6) is -1.86. The largest absolute Gasteiger partial charge is 0.397 e. The zero-order valence-corrected chi connectivity index (χ0v) is 17.1. The van der Waals surface area contributed by atoms with Crippen molar-refractivity contribution in [1.29, 1.82) is 0 Å². The molecule has 0 saturated carbocycles. The van der Waals surface area contributed by atoms with Crippen LogP contribution in [-0.2, 0) is 20.2 Å². The van der Waals surface area contributed by atoms with Gasteiger partial charge in [0.25, 0.3) is 20.2 Å². The van der Waals surface area contributed by atoms with E-state index in [9.17, 15) is 35.5 Å². The fraction of sp³-hybridized carbons (Fsp3) is 0. The van der Waals surface area contributed by atoms with E-state index in [0.717, 1.165) is 24.3 Å². The van der Waals surface area contributed by atoms with E-state index in [0.29, 0.717) is 5.56 Å². The van der Waals surface area contributed by atoms with Crippen molar-refractivity contribution in [2.45, 2.75) is 9.79 Å². The third kappa shape index (κ3) is 3.24. The van der Waals surface area contributed by atoms with Gasteiger partial charge in [-0.15, -0.1) is 0 Å². The van der Waals surface area contributed by atoms with Gasteiger partial charge in [-0.25, -0.2) is 0 Å². The minimum absolute atomic E-state index is 0.0495. The molecule has 158 valence electrons. The lowest BCUT2D eigenvalue weighted by Gasteiger charge is -2.24. The van der Waals surface area contributed by atoms with Crippen LogP contribution in [0.15, 0.2) is 64.4 Å². The highest BCUT2D eigenvalue weighted by Gasteiger charge is 2.39. The van der Waals surface area contributed by atoms with Crippen molar-refractivity contribution in [3.05, 3.63) is 76.9 Å². The highest BCUT2D eigenvalue weighted by molar-refractivity contribution is 7.86. The van der Waals surface area contributed by atoms with Crippen molar-refractivity contribution in [2.24, 2.45) is 0 Å². The molecule has 3 aromatic rings. The van der Waals surface area contributed by atoms with Crippen molar-refractivity contribution in [1.82, 2.24) is 0 Å². The molecule has 9 nitrogen and oxygen atoms in total. The molecular formula is C20H13NO8S2. The van der Waals surface area contributed by atoms with Crippen LogP contribution in [-0.4, -0.2) is 37.5 Å². The molecule has 0 heterocycles. The lowest BCUT2D eigenvalue weighted by molar-refractivity contribution is 0.0977. The Balaban J connectivity index is 2.19. The molecule has 0 unspecified atom stereocenters. The van der Waals surface area contributed by atoms with Gasteiger partial charge in [0.15, 0.2) is 11.6 Å². The summed E-state index contributed by atoms with van der Waals surface area (Å²) < 4.78 is 66.7. The maximum Gasteiger partial charge on any atom is 0.296 e. The predicted molar refractivity (Wildman–Crippen MR) is 109 cm³/mol. The summed E-state index contributed by atoms with van der Waals surface area (Å²) in [6.07, 6.45) is 0. The fourth-order valence-electron chi connectivity index (χ4n) is 3.63. The fourth-order valence-corrected chi connectivity index (χ4v) is 4.99. The van der Waals surface area contributed by atoms with Crippen molar-refractivity contribution >= 4 is 37.5 Å². The number of hydrogen-bond donors (Lipinski definition) is 3. The molecule has 0 amide bonds. The highest BCUT2D eigenvalue weighted by Crippen LogP contribution is 2.41. The molecule has 4 N–H and O–H groups in total. The summed E-state index contributed by atoms with van der Waals surface area (Å²) in [5.41, 5.74) is 3.80. The number of nitrogen functional groups attached to an aromatic ring is 1. The van der Waals surface area contributed by atoms with Crippen LogP contribution in [0.4, 0.5) is 5.69 Å². The summed E-state index contributed by atoms with van der Waals surface area (Å²) in [7, 11) is -9.73.